The SMILES string of the molecule is CC1=Nc2ccccc2SCCSc2ccccc2N=C(C)c2cccc1n2. The minimum absolute atomic E-state index is 0.879. The van der Waals surface area contributed by atoms with Crippen LogP contribution in [0.3, 0.4) is 0 Å². The molecule has 0 saturated heterocycles. The summed E-state index contributed by atoms with van der Waals surface area (Å²) < 4.78 is 0. The molecule has 140 valence electrons. The number of para-hydroxylation sites is 2. The molecule has 0 radical (unpaired) electrons. The van der Waals surface area contributed by atoms with Crippen LogP contribution in [0.4, 0.5) is 11.4 Å². The van der Waals surface area contributed by atoms with Gasteiger partial charge in [0.25, 0.3) is 0 Å². The maximum Gasteiger partial charge on any atom is 0.0849 e. The first kappa shape index (κ1) is 19.0. The van der Waals surface area contributed by atoms with Gasteiger partial charge < -0.3 is 0 Å². The van der Waals surface area contributed by atoms with Gasteiger partial charge in [0.1, 0.15) is 0 Å². The number of aromatic nitrogens is 1. The van der Waals surface area contributed by atoms with Crippen molar-refractivity contribution in [2.24, 2.45) is 9.98 Å². The Morgan fingerprint density at radius 2 is 1.07 bits per heavy atom. The Bertz CT molecular complexity index is 976. The molecule has 5 heteroatoms. The van der Waals surface area contributed by atoms with Crippen LogP contribution in [0.5, 0.6) is 0 Å². The first-order valence-corrected chi connectivity index (χ1v) is 11.2. The van der Waals surface area contributed by atoms with Crippen LogP contribution >= 0.6 is 23.5 Å². The Kier molecular flexibility index (Phi) is 5.93. The zero-order valence-corrected chi connectivity index (χ0v) is 17.6. The number of benzene rings is 2. The number of rotatable bonds is 0. The van der Waals surface area contributed by atoms with Crippen molar-refractivity contribution in [3.05, 3.63) is 78.1 Å². The molecule has 2 bridgehead atoms. The van der Waals surface area contributed by atoms with E-state index in [0.29, 0.717) is 0 Å². The molecule has 4 rings (SSSR count). The molecule has 0 fully saturated rings. The van der Waals surface area contributed by atoms with E-state index >= 15 is 0 Å². The molecule has 2 aromatic carbocycles. The quantitative estimate of drug-likeness (QED) is 0.426. The van der Waals surface area contributed by atoms with Crippen LogP contribution < -0.4 is 0 Å². The zero-order chi connectivity index (χ0) is 19.3. The molecule has 1 aliphatic rings. The van der Waals surface area contributed by atoms with Gasteiger partial charge in [0.15, 0.2) is 0 Å². The van der Waals surface area contributed by atoms with Crippen molar-refractivity contribution in [1.82, 2.24) is 4.98 Å². The number of hydrogen-bond acceptors (Lipinski definition) is 5. The van der Waals surface area contributed by atoms with Crippen LogP contribution in [0.2, 0.25) is 0 Å². The van der Waals surface area contributed by atoms with E-state index in [2.05, 4.69) is 36.4 Å². The standard InChI is InChI=1S/C23H21N3S2/c1-16-18-10-7-11-19(26-18)17(2)25-21-9-4-6-13-23(21)28-15-14-27-22-12-5-3-8-20(22)24-16/h3-13H,14-15H2,1-2H3. The van der Waals surface area contributed by atoms with Gasteiger partial charge in [-0.15, -0.1) is 23.5 Å². The van der Waals surface area contributed by atoms with Crippen LogP contribution in [0, 0.1) is 0 Å². The Morgan fingerprint density at radius 3 is 1.57 bits per heavy atom. The molecule has 1 aromatic heterocycles. The van der Waals surface area contributed by atoms with E-state index in [4.69, 9.17) is 15.0 Å². The maximum absolute atomic E-state index is 4.88. The van der Waals surface area contributed by atoms with Crippen molar-refractivity contribution < 1.29 is 0 Å². The van der Waals surface area contributed by atoms with E-state index in [1.54, 1.807) is 0 Å². The van der Waals surface area contributed by atoms with Crippen LogP contribution in [0.15, 0.2) is 86.5 Å². The minimum Gasteiger partial charge on any atom is -0.250 e. The van der Waals surface area contributed by atoms with Crippen molar-refractivity contribution >= 4 is 46.3 Å². The number of fused-ring (bicyclic) bond motifs is 4. The normalized spacial score (nSPS) is 14.6. The lowest BCUT2D eigenvalue weighted by Crippen LogP contribution is -2.05. The first-order valence-electron chi connectivity index (χ1n) is 9.23. The van der Waals surface area contributed by atoms with Gasteiger partial charge >= 0.3 is 0 Å². The number of nitrogens with zero attached hydrogens (tertiary/aromatic N) is 3. The molecular weight excluding hydrogens is 382 g/mol. The van der Waals surface area contributed by atoms with E-state index in [1.165, 1.54) is 9.79 Å². The Morgan fingerprint density at radius 1 is 0.607 bits per heavy atom. The number of hydrogen-bond donors (Lipinski definition) is 0. The first-order chi connectivity index (χ1) is 13.7. The van der Waals surface area contributed by atoms with Gasteiger partial charge in [-0.25, -0.2) is 4.98 Å². The topological polar surface area (TPSA) is 37.6 Å². The largest absolute Gasteiger partial charge is 0.250 e. The van der Waals surface area contributed by atoms with Crippen molar-refractivity contribution in [2.75, 3.05) is 11.5 Å². The molecular formula is C23H21N3S2. The smallest absolute Gasteiger partial charge is 0.0849 e. The van der Waals surface area contributed by atoms with Crippen molar-refractivity contribution in [3.8, 4) is 0 Å². The van der Waals surface area contributed by atoms with Crippen LogP contribution in [0.25, 0.3) is 0 Å². The molecule has 0 amide bonds. The fourth-order valence-electron chi connectivity index (χ4n) is 2.96. The van der Waals surface area contributed by atoms with E-state index < -0.39 is 0 Å². The average molecular weight is 404 g/mol. The summed E-state index contributed by atoms with van der Waals surface area (Å²) >= 11 is 3.69. The number of thioether (sulfide) groups is 2. The third-order valence-electron chi connectivity index (χ3n) is 4.40. The van der Waals surface area contributed by atoms with Crippen molar-refractivity contribution in [1.29, 1.82) is 0 Å². The lowest BCUT2D eigenvalue weighted by atomic mass is 10.2. The second-order valence-electron chi connectivity index (χ2n) is 6.43. The third kappa shape index (κ3) is 4.37. The number of pyridine rings is 1. The Hall–Kier alpha value is -2.37. The van der Waals surface area contributed by atoms with Gasteiger partial charge in [-0.1, -0.05) is 30.3 Å². The second-order valence-corrected chi connectivity index (χ2v) is 8.71. The van der Waals surface area contributed by atoms with E-state index in [-0.39, 0.29) is 0 Å². The van der Waals surface area contributed by atoms with Gasteiger partial charge in [0.05, 0.1) is 34.2 Å². The average Bonchev–Trinajstić information content (AvgIpc) is 2.73. The monoisotopic (exact) mass is 403 g/mol. The fourth-order valence-corrected chi connectivity index (χ4v) is 4.94. The highest BCUT2D eigenvalue weighted by molar-refractivity contribution is 8.03. The van der Waals surface area contributed by atoms with Crippen LogP contribution in [-0.2, 0) is 0 Å². The lowest BCUT2D eigenvalue weighted by molar-refractivity contribution is 1.23. The minimum atomic E-state index is 0.879. The molecule has 0 aliphatic carbocycles. The molecule has 28 heavy (non-hydrogen) atoms. The highest BCUT2D eigenvalue weighted by Gasteiger charge is 2.09. The predicted molar refractivity (Wildman–Crippen MR) is 122 cm³/mol. The highest BCUT2D eigenvalue weighted by atomic mass is 32.2. The van der Waals surface area contributed by atoms with E-state index in [1.807, 2.05) is 67.7 Å². The molecule has 0 N–H and O–H groups in total. The summed E-state index contributed by atoms with van der Waals surface area (Å²) in [6.45, 7) is 4.03. The molecule has 1 aliphatic heterocycles. The van der Waals surface area contributed by atoms with Crippen molar-refractivity contribution in [2.45, 2.75) is 23.6 Å². The summed E-state index contributed by atoms with van der Waals surface area (Å²) in [7, 11) is 0. The predicted octanol–water partition coefficient (Wildman–Crippen LogP) is 6.56. The van der Waals surface area contributed by atoms with Gasteiger partial charge in [-0.3, -0.25) is 9.98 Å². The van der Waals surface area contributed by atoms with Crippen LogP contribution in [0.1, 0.15) is 25.2 Å². The molecule has 2 heterocycles. The Balaban J connectivity index is 1.83. The maximum atomic E-state index is 4.88. The van der Waals surface area contributed by atoms with Crippen LogP contribution in [-0.4, -0.2) is 27.9 Å². The summed E-state index contributed by atoms with van der Waals surface area (Å²) in [6.07, 6.45) is 0. The summed E-state index contributed by atoms with van der Waals surface area (Å²) in [5, 5.41) is 0. The highest BCUT2D eigenvalue weighted by Crippen LogP contribution is 2.34. The van der Waals surface area contributed by atoms with E-state index in [0.717, 1.165) is 45.7 Å². The van der Waals surface area contributed by atoms with E-state index in [9.17, 15) is 0 Å². The second kappa shape index (κ2) is 8.76. The third-order valence-corrected chi connectivity index (χ3v) is 6.78. The van der Waals surface area contributed by atoms with Gasteiger partial charge in [-0.05, 0) is 50.2 Å². The summed E-state index contributed by atoms with van der Waals surface area (Å²) in [5.41, 5.74) is 5.58. The van der Waals surface area contributed by atoms with Gasteiger partial charge in [-0.2, -0.15) is 0 Å². The summed E-state index contributed by atoms with van der Waals surface area (Å²) in [4.78, 5) is 17.0. The van der Waals surface area contributed by atoms with Crippen molar-refractivity contribution in [3.63, 3.8) is 0 Å². The van der Waals surface area contributed by atoms with Gasteiger partial charge in [0, 0.05) is 21.3 Å². The molecule has 3 nitrogen and oxygen atoms in total. The summed E-state index contributed by atoms with van der Waals surface area (Å²) in [6, 6.07) is 22.7. The fraction of sp³-hybridized carbons (Fsp3) is 0.174. The Labute approximate surface area is 174 Å². The zero-order valence-electron chi connectivity index (χ0n) is 15.9. The molecule has 0 saturated carbocycles. The number of aliphatic imine (C=N–C) groups is 2. The molecule has 0 spiro atoms. The molecule has 3 aromatic rings. The summed E-state index contributed by atoms with van der Waals surface area (Å²) in [5.74, 6) is 2.03. The molecule has 0 atom stereocenters. The molecule has 0 unspecified atom stereocenters. The van der Waals surface area contributed by atoms with Gasteiger partial charge in [0.2, 0.25) is 0 Å². The lowest BCUT2D eigenvalue weighted by Gasteiger charge is -2.07.